The molecule has 16 heavy (non-hydrogen) atoms. The van der Waals surface area contributed by atoms with Crippen LogP contribution in [-0.2, 0) is 10.0 Å². The van der Waals surface area contributed by atoms with Crippen molar-refractivity contribution in [3.63, 3.8) is 0 Å². The van der Waals surface area contributed by atoms with E-state index in [-0.39, 0.29) is 6.04 Å². The molecule has 0 unspecified atom stereocenters. The molecular weight excluding hydrogens is 290 g/mol. The summed E-state index contributed by atoms with van der Waals surface area (Å²) in [5.74, 6) is 0. The van der Waals surface area contributed by atoms with Crippen LogP contribution < -0.4 is 0 Å². The summed E-state index contributed by atoms with van der Waals surface area (Å²) in [5.41, 5.74) is 0. The van der Waals surface area contributed by atoms with Crippen molar-refractivity contribution in [2.75, 3.05) is 6.54 Å². The number of benzene rings is 1. The van der Waals surface area contributed by atoms with E-state index in [4.69, 9.17) is 0 Å². The highest BCUT2D eigenvalue weighted by atomic mass is 79.9. The quantitative estimate of drug-likeness (QED) is 0.858. The number of hydrogen-bond donors (Lipinski definition) is 0. The van der Waals surface area contributed by atoms with Crippen LogP contribution in [0.25, 0.3) is 0 Å². The molecule has 0 bridgehead atoms. The third-order valence-electron chi connectivity index (χ3n) is 2.31. The van der Waals surface area contributed by atoms with E-state index in [1.807, 2.05) is 20.8 Å². The summed E-state index contributed by atoms with van der Waals surface area (Å²) in [5, 5.41) is 0. The highest BCUT2D eigenvalue weighted by Crippen LogP contribution is 2.25. The molecule has 0 aliphatic carbocycles. The minimum absolute atomic E-state index is 0.0397. The summed E-state index contributed by atoms with van der Waals surface area (Å²) in [6.45, 7) is 6.06. The third-order valence-corrected chi connectivity index (χ3v) is 5.47. The number of rotatable bonds is 4. The van der Waals surface area contributed by atoms with E-state index >= 15 is 0 Å². The van der Waals surface area contributed by atoms with E-state index in [1.54, 1.807) is 24.3 Å². The van der Waals surface area contributed by atoms with Gasteiger partial charge in [-0.05, 0) is 41.9 Å². The fourth-order valence-electron chi connectivity index (χ4n) is 1.59. The first-order chi connectivity index (χ1) is 7.41. The fraction of sp³-hybridized carbons (Fsp3) is 0.455. The first kappa shape index (κ1) is 13.7. The molecule has 0 radical (unpaired) electrons. The highest BCUT2D eigenvalue weighted by molar-refractivity contribution is 9.10. The molecule has 0 saturated heterocycles. The molecule has 1 aromatic rings. The van der Waals surface area contributed by atoms with Crippen LogP contribution in [0.5, 0.6) is 0 Å². The lowest BCUT2D eigenvalue weighted by molar-refractivity contribution is 0.369. The van der Waals surface area contributed by atoms with Gasteiger partial charge in [0.15, 0.2) is 0 Å². The molecule has 0 heterocycles. The number of sulfonamides is 1. The van der Waals surface area contributed by atoms with Crippen molar-refractivity contribution in [2.45, 2.75) is 31.7 Å². The van der Waals surface area contributed by atoms with Gasteiger partial charge in [0.2, 0.25) is 10.0 Å². The van der Waals surface area contributed by atoms with E-state index in [0.717, 1.165) is 0 Å². The van der Waals surface area contributed by atoms with Crippen LogP contribution in [0.2, 0.25) is 0 Å². The molecule has 0 spiro atoms. The summed E-state index contributed by atoms with van der Waals surface area (Å²) >= 11 is 3.27. The van der Waals surface area contributed by atoms with E-state index in [9.17, 15) is 8.42 Å². The summed E-state index contributed by atoms with van der Waals surface area (Å²) in [6, 6.07) is 6.84. The molecule has 0 aliphatic heterocycles. The average Bonchev–Trinajstić information content (AvgIpc) is 2.17. The normalized spacial score (nSPS) is 12.4. The first-order valence-corrected chi connectivity index (χ1v) is 7.41. The second-order valence-electron chi connectivity index (χ2n) is 3.73. The van der Waals surface area contributed by atoms with Crippen molar-refractivity contribution < 1.29 is 8.42 Å². The van der Waals surface area contributed by atoms with E-state index in [0.29, 0.717) is 15.9 Å². The SMILES string of the molecule is CCN(C(C)C)S(=O)(=O)c1ccccc1Br. The molecule has 0 aromatic heterocycles. The lowest BCUT2D eigenvalue weighted by atomic mass is 10.4. The Morgan fingerprint density at radius 1 is 1.31 bits per heavy atom. The minimum Gasteiger partial charge on any atom is -0.207 e. The van der Waals surface area contributed by atoms with Gasteiger partial charge in [-0.1, -0.05) is 19.1 Å². The lowest BCUT2D eigenvalue weighted by Crippen LogP contribution is -2.36. The molecule has 0 fully saturated rings. The van der Waals surface area contributed by atoms with E-state index in [1.165, 1.54) is 4.31 Å². The average molecular weight is 306 g/mol. The van der Waals surface area contributed by atoms with E-state index < -0.39 is 10.0 Å². The van der Waals surface area contributed by atoms with Crippen LogP contribution >= 0.6 is 15.9 Å². The van der Waals surface area contributed by atoms with Gasteiger partial charge in [0.25, 0.3) is 0 Å². The molecule has 0 amide bonds. The Hall–Kier alpha value is -0.390. The maximum atomic E-state index is 12.3. The molecule has 0 saturated carbocycles. The fourth-order valence-corrected chi connectivity index (χ4v) is 4.20. The van der Waals surface area contributed by atoms with Crippen LogP contribution in [0.1, 0.15) is 20.8 Å². The van der Waals surface area contributed by atoms with Gasteiger partial charge in [-0.25, -0.2) is 8.42 Å². The Bertz CT molecular complexity index is 457. The summed E-state index contributed by atoms with van der Waals surface area (Å²) in [4.78, 5) is 0.325. The molecule has 5 heteroatoms. The van der Waals surface area contributed by atoms with Gasteiger partial charge in [-0.2, -0.15) is 4.31 Å². The maximum absolute atomic E-state index is 12.3. The van der Waals surface area contributed by atoms with E-state index in [2.05, 4.69) is 15.9 Å². The largest absolute Gasteiger partial charge is 0.244 e. The van der Waals surface area contributed by atoms with Crippen molar-refractivity contribution in [3.8, 4) is 0 Å². The van der Waals surface area contributed by atoms with Crippen molar-refractivity contribution in [1.29, 1.82) is 0 Å². The Morgan fingerprint density at radius 2 is 1.88 bits per heavy atom. The Balaban J connectivity index is 3.26. The Morgan fingerprint density at radius 3 is 2.31 bits per heavy atom. The van der Waals surface area contributed by atoms with Crippen LogP contribution in [0, 0.1) is 0 Å². The smallest absolute Gasteiger partial charge is 0.207 e. The first-order valence-electron chi connectivity index (χ1n) is 5.17. The van der Waals surface area contributed by atoms with Crippen molar-refractivity contribution >= 4 is 26.0 Å². The molecule has 0 aliphatic rings. The van der Waals surface area contributed by atoms with Crippen molar-refractivity contribution in [1.82, 2.24) is 4.31 Å². The van der Waals surface area contributed by atoms with Gasteiger partial charge in [0.05, 0.1) is 4.90 Å². The molecule has 90 valence electrons. The Kier molecular flexibility index (Phi) is 4.52. The standard InChI is InChI=1S/C11H16BrNO2S/c1-4-13(9(2)3)16(14,15)11-8-6-5-7-10(11)12/h5-9H,4H2,1-3H3. The number of nitrogens with zero attached hydrogens (tertiary/aromatic N) is 1. The predicted octanol–water partition coefficient (Wildman–Crippen LogP) is 2.87. The molecule has 1 rings (SSSR count). The van der Waals surface area contributed by atoms with Gasteiger partial charge >= 0.3 is 0 Å². The predicted molar refractivity (Wildman–Crippen MR) is 68.8 cm³/mol. The second-order valence-corrected chi connectivity index (χ2v) is 6.45. The maximum Gasteiger partial charge on any atom is 0.244 e. The van der Waals surface area contributed by atoms with Crippen LogP contribution in [0.3, 0.4) is 0 Å². The molecular formula is C11H16BrNO2S. The third kappa shape index (κ3) is 2.64. The van der Waals surface area contributed by atoms with Gasteiger partial charge in [-0.15, -0.1) is 0 Å². The second kappa shape index (κ2) is 5.29. The molecule has 0 N–H and O–H groups in total. The molecule has 0 atom stereocenters. The van der Waals surface area contributed by atoms with Gasteiger partial charge in [0.1, 0.15) is 0 Å². The van der Waals surface area contributed by atoms with Crippen LogP contribution in [0.4, 0.5) is 0 Å². The van der Waals surface area contributed by atoms with Crippen molar-refractivity contribution in [2.24, 2.45) is 0 Å². The zero-order valence-corrected chi connectivity index (χ0v) is 12.0. The summed E-state index contributed by atoms with van der Waals surface area (Å²) in [7, 11) is -3.39. The molecule has 3 nitrogen and oxygen atoms in total. The number of hydrogen-bond acceptors (Lipinski definition) is 2. The number of halogens is 1. The minimum atomic E-state index is -3.39. The van der Waals surface area contributed by atoms with Crippen LogP contribution in [-0.4, -0.2) is 25.3 Å². The Labute approximate surface area is 106 Å². The molecule has 1 aromatic carbocycles. The lowest BCUT2D eigenvalue weighted by Gasteiger charge is -2.24. The zero-order chi connectivity index (χ0) is 12.3. The zero-order valence-electron chi connectivity index (χ0n) is 9.64. The highest BCUT2D eigenvalue weighted by Gasteiger charge is 2.26. The van der Waals surface area contributed by atoms with Gasteiger partial charge in [0, 0.05) is 17.1 Å². The topological polar surface area (TPSA) is 37.4 Å². The van der Waals surface area contributed by atoms with Crippen LogP contribution in [0.15, 0.2) is 33.6 Å². The van der Waals surface area contributed by atoms with Gasteiger partial charge < -0.3 is 0 Å². The van der Waals surface area contributed by atoms with Gasteiger partial charge in [-0.3, -0.25) is 0 Å². The summed E-state index contributed by atoms with van der Waals surface area (Å²) in [6.07, 6.45) is 0. The monoisotopic (exact) mass is 305 g/mol. The summed E-state index contributed by atoms with van der Waals surface area (Å²) < 4.78 is 26.7. The van der Waals surface area contributed by atoms with Crippen molar-refractivity contribution in [3.05, 3.63) is 28.7 Å².